The summed E-state index contributed by atoms with van der Waals surface area (Å²) in [6, 6.07) is 3.87. The van der Waals surface area contributed by atoms with Crippen LogP contribution < -0.4 is 16.4 Å². The molecule has 20 heavy (non-hydrogen) atoms. The topological polar surface area (TPSA) is 93.7 Å². The molecule has 2 rings (SSSR count). The van der Waals surface area contributed by atoms with E-state index in [1.54, 1.807) is 4.68 Å². The van der Waals surface area contributed by atoms with Gasteiger partial charge in [-0.15, -0.1) is 0 Å². The molecule has 2 aromatic rings. The zero-order valence-electron chi connectivity index (χ0n) is 11.9. The van der Waals surface area contributed by atoms with E-state index in [0.717, 1.165) is 43.3 Å². The largest absolute Gasteiger partial charge is 0.370 e. The van der Waals surface area contributed by atoms with E-state index >= 15 is 0 Å². The number of anilines is 3. The van der Waals surface area contributed by atoms with Gasteiger partial charge in [-0.2, -0.15) is 15.1 Å². The highest BCUT2D eigenvalue weighted by Gasteiger charge is 2.02. The van der Waals surface area contributed by atoms with Crippen LogP contribution in [0.2, 0.25) is 0 Å². The molecule has 0 aliphatic carbocycles. The molecule has 4 N–H and O–H groups in total. The van der Waals surface area contributed by atoms with Crippen molar-refractivity contribution >= 4 is 17.6 Å². The predicted octanol–water partition coefficient (Wildman–Crippen LogP) is 1.27. The maximum Gasteiger partial charge on any atom is 0.223 e. The van der Waals surface area contributed by atoms with Crippen LogP contribution in [0.5, 0.6) is 0 Å². The summed E-state index contributed by atoms with van der Waals surface area (Å²) in [6.07, 6.45) is 3.81. The van der Waals surface area contributed by atoms with Crippen molar-refractivity contribution < 1.29 is 0 Å². The Kier molecular flexibility index (Phi) is 4.75. The standard InChI is InChI=1S/C13H21N7/c1-3-6-15-11-9-12(18-13(14)17-11)16-7-4-10-5-8-20(2)19-10/h5,8-9H,3-4,6-7H2,1-2H3,(H4,14,15,16,17,18). The molecule has 0 aromatic carbocycles. The molecule has 0 saturated carbocycles. The minimum atomic E-state index is 0.270. The number of rotatable bonds is 7. The number of nitrogen functional groups attached to an aromatic ring is 1. The van der Waals surface area contributed by atoms with Crippen molar-refractivity contribution in [2.24, 2.45) is 7.05 Å². The van der Waals surface area contributed by atoms with Gasteiger partial charge in [-0.1, -0.05) is 6.92 Å². The molecule has 0 atom stereocenters. The first kappa shape index (κ1) is 14.1. The fourth-order valence-corrected chi connectivity index (χ4v) is 1.82. The second-order valence-corrected chi connectivity index (χ2v) is 4.58. The van der Waals surface area contributed by atoms with Gasteiger partial charge < -0.3 is 16.4 Å². The Morgan fingerprint density at radius 2 is 1.90 bits per heavy atom. The van der Waals surface area contributed by atoms with E-state index in [1.165, 1.54) is 0 Å². The fraction of sp³-hybridized carbons (Fsp3) is 0.462. The zero-order chi connectivity index (χ0) is 14.4. The number of aryl methyl sites for hydroxylation is 1. The zero-order valence-corrected chi connectivity index (χ0v) is 11.9. The van der Waals surface area contributed by atoms with Gasteiger partial charge >= 0.3 is 0 Å². The number of hydrogen-bond donors (Lipinski definition) is 3. The van der Waals surface area contributed by atoms with Crippen molar-refractivity contribution in [3.05, 3.63) is 24.0 Å². The molecule has 7 heteroatoms. The molecule has 2 heterocycles. The minimum absolute atomic E-state index is 0.270. The molecule has 0 saturated heterocycles. The second kappa shape index (κ2) is 6.74. The van der Waals surface area contributed by atoms with Crippen LogP contribution in [-0.2, 0) is 13.5 Å². The summed E-state index contributed by atoms with van der Waals surface area (Å²) >= 11 is 0. The highest BCUT2D eigenvalue weighted by molar-refractivity contribution is 5.50. The van der Waals surface area contributed by atoms with Crippen molar-refractivity contribution in [3.8, 4) is 0 Å². The third-order valence-electron chi connectivity index (χ3n) is 2.76. The molecule has 0 aliphatic heterocycles. The normalized spacial score (nSPS) is 10.5. The molecule has 7 nitrogen and oxygen atoms in total. The van der Waals surface area contributed by atoms with Crippen LogP contribution in [0.4, 0.5) is 17.6 Å². The van der Waals surface area contributed by atoms with Crippen molar-refractivity contribution in [3.63, 3.8) is 0 Å². The number of aromatic nitrogens is 4. The summed E-state index contributed by atoms with van der Waals surface area (Å²) in [4.78, 5) is 8.31. The molecule has 0 fully saturated rings. The molecule has 0 aliphatic rings. The summed E-state index contributed by atoms with van der Waals surface area (Å²) in [5.41, 5.74) is 6.75. The van der Waals surface area contributed by atoms with Crippen LogP contribution in [0.15, 0.2) is 18.3 Å². The summed E-state index contributed by atoms with van der Waals surface area (Å²) < 4.78 is 1.80. The van der Waals surface area contributed by atoms with Crippen LogP contribution in [0, 0.1) is 0 Å². The average molecular weight is 275 g/mol. The van der Waals surface area contributed by atoms with E-state index in [1.807, 2.05) is 25.4 Å². The van der Waals surface area contributed by atoms with E-state index in [9.17, 15) is 0 Å². The van der Waals surface area contributed by atoms with Gasteiger partial charge in [0.25, 0.3) is 0 Å². The molecule has 108 valence electrons. The number of nitrogens with one attached hydrogen (secondary N) is 2. The minimum Gasteiger partial charge on any atom is -0.370 e. The van der Waals surface area contributed by atoms with E-state index in [0.29, 0.717) is 0 Å². The van der Waals surface area contributed by atoms with Gasteiger partial charge in [-0.3, -0.25) is 4.68 Å². The van der Waals surface area contributed by atoms with Crippen molar-refractivity contribution in [1.82, 2.24) is 19.7 Å². The van der Waals surface area contributed by atoms with Crippen LogP contribution in [0.1, 0.15) is 19.0 Å². The summed E-state index contributed by atoms with van der Waals surface area (Å²) in [5.74, 6) is 1.75. The average Bonchev–Trinajstić information content (AvgIpc) is 2.81. The van der Waals surface area contributed by atoms with Crippen molar-refractivity contribution in [2.75, 3.05) is 29.5 Å². The Morgan fingerprint density at radius 1 is 1.20 bits per heavy atom. The predicted molar refractivity (Wildman–Crippen MR) is 80.6 cm³/mol. The second-order valence-electron chi connectivity index (χ2n) is 4.58. The van der Waals surface area contributed by atoms with Gasteiger partial charge in [0.1, 0.15) is 11.6 Å². The lowest BCUT2D eigenvalue weighted by Gasteiger charge is -2.09. The van der Waals surface area contributed by atoms with Crippen LogP contribution in [0.3, 0.4) is 0 Å². The molecule has 0 radical (unpaired) electrons. The first-order chi connectivity index (χ1) is 9.67. The highest BCUT2D eigenvalue weighted by Crippen LogP contribution is 2.12. The Balaban J connectivity index is 1.89. The van der Waals surface area contributed by atoms with Gasteiger partial charge in [0.05, 0.1) is 5.69 Å². The summed E-state index contributed by atoms with van der Waals surface area (Å²) in [5, 5.41) is 10.8. The lowest BCUT2D eigenvalue weighted by Crippen LogP contribution is -2.10. The Morgan fingerprint density at radius 3 is 2.50 bits per heavy atom. The molecular formula is C13H21N7. The van der Waals surface area contributed by atoms with E-state index < -0.39 is 0 Å². The Bertz CT molecular complexity index is 549. The maximum atomic E-state index is 5.70. The monoisotopic (exact) mass is 275 g/mol. The molecule has 0 unspecified atom stereocenters. The quantitative estimate of drug-likeness (QED) is 0.704. The molecule has 0 amide bonds. The lowest BCUT2D eigenvalue weighted by molar-refractivity contribution is 0.742. The smallest absolute Gasteiger partial charge is 0.223 e. The molecule has 0 spiro atoms. The summed E-state index contributed by atoms with van der Waals surface area (Å²) in [6.45, 7) is 3.72. The van der Waals surface area contributed by atoms with E-state index in [4.69, 9.17) is 5.73 Å². The van der Waals surface area contributed by atoms with Crippen LogP contribution in [0.25, 0.3) is 0 Å². The molecule has 0 bridgehead atoms. The van der Waals surface area contributed by atoms with Gasteiger partial charge in [0.15, 0.2) is 0 Å². The van der Waals surface area contributed by atoms with Crippen LogP contribution in [-0.4, -0.2) is 32.8 Å². The first-order valence-electron chi connectivity index (χ1n) is 6.78. The van der Waals surface area contributed by atoms with Gasteiger partial charge in [0.2, 0.25) is 5.95 Å². The molecule has 2 aromatic heterocycles. The first-order valence-corrected chi connectivity index (χ1v) is 6.78. The highest BCUT2D eigenvalue weighted by atomic mass is 15.2. The van der Waals surface area contributed by atoms with Gasteiger partial charge in [-0.25, -0.2) is 0 Å². The Labute approximate surface area is 118 Å². The van der Waals surface area contributed by atoms with Crippen LogP contribution >= 0.6 is 0 Å². The third-order valence-corrected chi connectivity index (χ3v) is 2.76. The van der Waals surface area contributed by atoms with Crippen molar-refractivity contribution in [1.29, 1.82) is 0 Å². The fourth-order valence-electron chi connectivity index (χ4n) is 1.82. The maximum absolute atomic E-state index is 5.70. The number of nitrogens with two attached hydrogens (primary N) is 1. The number of nitrogens with zero attached hydrogens (tertiary/aromatic N) is 4. The Hall–Kier alpha value is -2.31. The van der Waals surface area contributed by atoms with Gasteiger partial charge in [0, 0.05) is 38.8 Å². The third kappa shape index (κ3) is 4.11. The van der Waals surface area contributed by atoms with Crippen molar-refractivity contribution in [2.45, 2.75) is 19.8 Å². The SMILES string of the molecule is CCCNc1cc(NCCc2ccn(C)n2)nc(N)n1. The summed E-state index contributed by atoms with van der Waals surface area (Å²) in [7, 11) is 1.91. The van der Waals surface area contributed by atoms with E-state index in [2.05, 4.69) is 32.6 Å². The van der Waals surface area contributed by atoms with E-state index in [-0.39, 0.29) is 5.95 Å². The van der Waals surface area contributed by atoms with Gasteiger partial charge in [-0.05, 0) is 12.5 Å². The number of hydrogen-bond acceptors (Lipinski definition) is 6. The molecular weight excluding hydrogens is 254 g/mol. The lowest BCUT2D eigenvalue weighted by atomic mass is 10.3.